The standard InChI is InChI=1S/C23H20F3N3O4/c1-33-17-7-2-4-13(8-17)9-19(30)27-12-16-11-18(27)20-21(31)29(22(32)28(16)20)15-6-3-5-14(10-15)23(24,25)26/h2-8,10,16,18,20H,9,11-12H2,1H3/t16-,18-,20+/m0/s1. The van der Waals surface area contributed by atoms with Crippen LogP contribution in [0.15, 0.2) is 48.5 Å². The molecule has 172 valence electrons. The van der Waals surface area contributed by atoms with Crippen molar-refractivity contribution in [1.82, 2.24) is 9.80 Å². The van der Waals surface area contributed by atoms with Crippen molar-refractivity contribution in [2.75, 3.05) is 18.6 Å². The molecule has 3 atom stereocenters. The molecule has 3 fully saturated rings. The third-order valence-electron chi connectivity index (χ3n) is 6.51. The summed E-state index contributed by atoms with van der Waals surface area (Å²) < 4.78 is 44.6. The van der Waals surface area contributed by atoms with Crippen LogP contribution >= 0.6 is 0 Å². The lowest BCUT2D eigenvalue weighted by Crippen LogP contribution is -2.55. The van der Waals surface area contributed by atoms with Gasteiger partial charge in [0.15, 0.2) is 0 Å². The van der Waals surface area contributed by atoms with E-state index in [9.17, 15) is 27.6 Å². The number of rotatable bonds is 4. The van der Waals surface area contributed by atoms with E-state index in [1.165, 1.54) is 24.1 Å². The topological polar surface area (TPSA) is 70.2 Å². The van der Waals surface area contributed by atoms with Crippen molar-refractivity contribution < 1.29 is 32.3 Å². The van der Waals surface area contributed by atoms with Gasteiger partial charge < -0.3 is 14.5 Å². The number of hydrogen-bond donors (Lipinski definition) is 0. The molecule has 0 unspecified atom stereocenters. The van der Waals surface area contributed by atoms with E-state index in [0.717, 1.165) is 22.6 Å². The molecule has 2 bridgehead atoms. The normalized spacial score (nSPS) is 24.0. The molecule has 3 aliphatic heterocycles. The molecule has 3 heterocycles. The number of imide groups is 1. The number of fused-ring (bicyclic) bond motifs is 5. The number of ether oxygens (including phenoxy) is 1. The van der Waals surface area contributed by atoms with E-state index in [0.29, 0.717) is 18.7 Å². The summed E-state index contributed by atoms with van der Waals surface area (Å²) in [5.74, 6) is -0.151. The van der Waals surface area contributed by atoms with E-state index < -0.39 is 35.8 Å². The number of alkyl halides is 3. The lowest BCUT2D eigenvalue weighted by molar-refractivity contribution is -0.138. The first-order valence-corrected chi connectivity index (χ1v) is 10.4. The van der Waals surface area contributed by atoms with E-state index in [2.05, 4.69) is 0 Å². The third kappa shape index (κ3) is 3.40. The first-order valence-electron chi connectivity index (χ1n) is 10.4. The lowest BCUT2D eigenvalue weighted by atomic mass is 10.1. The van der Waals surface area contributed by atoms with E-state index in [1.807, 2.05) is 0 Å². The van der Waals surface area contributed by atoms with Crippen molar-refractivity contribution >= 4 is 23.5 Å². The molecule has 4 amide bonds. The number of piperazine rings is 1. The fourth-order valence-corrected chi connectivity index (χ4v) is 5.06. The Hall–Kier alpha value is -3.56. The van der Waals surface area contributed by atoms with Crippen LogP contribution in [0.25, 0.3) is 0 Å². The lowest BCUT2D eigenvalue weighted by Gasteiger charge is -2.35. The van der Waals surface area contributed by atoms with Gasteiger partial charge in [0, 0.05) is 6.54 Å². The minimum absolute atomic E-state index is 0.118. The Balaban J connectivity index is 1.37. The average molecular weight is 459 g/mol. The summed E-state index contributed by atoms with van der Waals surface area (Å²) >= 11 is 0. The summed E-state index contributed by atoms with van der Waals surface area (Å²) in [4.78, 5) is 43.1. The van der Waals surface area contributed by atoms with Gasteiger partial charge in [0.1, 0.15) is 11.8 Å². The molecule has 7 nitrogen and oxygen atoms in total. The Morgan fingerprint density at radius 2 is 1.88 bits per heavy atom. The van der Waals surface area contributed by atoms with Crippen LogP contribution in [-0.2, 0) is 22.2 Å². The molecule has 0 spiro atoms. The monoisotopic (exact) mass is 459 g/mol. The number of carbonyl (C=O) groups excluding carboxylic acids is 3. The Morgan fingerprint density at radius 3 is 2.61 bits per heavy atom. The Labute approximate surface area is 187 Å². The number of carbonyl (C=O) groups is 3. The van der Waals surface area contributed by atoms with Crippen LogP contribution in [0.3, 0.4) is 0 Å². The SMILES string of the molecule is COc1cccc(CC(=O)N2C[C@@H]3C[C@H]2[C@@H]2C(=O)N(c4cccc(C(F)(F)F)c4)C(=O)N32)c1. The first kappa shape index (κ1) is 21.3. The van der Waals surface area contributed by atoms with E-state index >= 15 is 0 Å². The van der Waals surface area contributed by atoms with Crippen LogP contribution in [-0.4, -0.2) is 59.4 Å². The minimum atomic E-state index is -4.60. The summed E-state index contributed by atoms with van der Waals surface area (Å²) in [7, 11) is 1.54. The molecule has 33 heavy (non-hydrogen) atoms. The van der Waals surface area contributed by atoms with E-state index in [1.54, 1.807) is 29.2 Å². The molecular formula is C23H20F3N3O4. The first-order chi connectivity index (χ1) is 15.7. The fourth-order valence-electron chi connectivity index (χ4n) is 5.06. The minimum Gasteiger partial charge on any atom is -0.497 e. The van der Waals surface area contributed by atoms with Crippen molar-refractivity contribution in [3.8, 4) is 5.75 Å². The second-order valence-corrected chi connectivity index (χ2v) is 8.39. The summed E-state index contributed by atoms with van der Waals surface area (Å²) in [6.45, 7) is 0.291. The summed E-state index contributed by atoms with van der Waals surface area (Å²) in [5, 5.41) is 0. The predicted molar refractivity (Wildman–Crippen MR) is 111 cm³/mol. The number of halogens is 3. The molecule has 0 saturated carbocycles. The van der Waals surface area contributed by atoms with E-state index in [-0.39, 0.29) is 24.1 Å². The van der Waals surface area contributed by atoms with Gasteiger partial charge >= 0.3 is 12.2 Å². The maximum Gasteiger partial charge on any atom is 0.416 e. The van der Waals surface area contributed by atoms with Crippen molar-refractivity contribution in [3.63, 3.8) is 0 Å². The molecule has 5 rings (SSSR count). The van der Waals surface area contributed by atoms with Crippen molar-refractivity contribution in [2.45, 2.75) is 37.1 Å². The van der Waals surface area contributed by atoms with Crippen LogP contribution in [0, 0.1) is 0 Å². The molecular weight excluding hydrogens is 439 g/mol. The summed E-state index contributed by atoms with van der Waals surface area (Å²) in [5.41, 5.74) is -0.299. The number of benzene rings is 2. The Bertz CT molecular complexity index is 1150. The molecule has 0 radical (unpaired) electrons. The van der Waals surface area contributed by atoms with Crippen LogP contribution < -0.4 is 9.64 Å². The van der Waals surface area contributed by atoms with Crippen LogP contribution in [0.2, 0.25) is 0 Å². The van der Waals surface area contributed by atoms with Gasteiger partial charge in [0.05, 0.1) is 36.9 Å². The molecule has 2 aromatic carbocycles. The molecule has 2 aromatic rings. The molecule has 0 aromatic heterocycles. The van der Waals surface area contributed by atoms with Gasteiger partial charge in [-0.25, -0.2) is 9.69 Å². The zero-order valence-electron chi connectivity index (χ0n) is 17.6. The molecule has 0 N–H and O–H groups in total. The molecule has 3 saturated heterocycles. The maximum absolute atomic E-state index is 13.2. The van der Waals surface area contributed by atoms with Crippen LogP contribution in [0.4, 0.5) is 23.7 Å². The van der Waals surface area contributed by atoms with Crippen molar-refractivity contribution in [2.24, 2.45) is 0 Å². The summed E-state index contributed by atoms with van der Waals surface area (Å²) in [6, 6.07) is 8.91. The van der Waals surface area contributed by atoms with Gasteiger partial charge in [-0.2, -0.15) is 13.2 Å². The number of methoxy groups -OCH3 is 1. The van der Waals surface area contributed by atoms with E-state index in [4.69, 9.17) is 4.74 Å². The highest BCUT2D eigenvalue weighted by Gasteiger charge is 2.62. The summed E-state index contributed by atoms with van der Waals surface area (Å²) in [6.07, 6.45) is -4.00. The average Bonchev–Trinajstić information content (AvgIpc) is 3.45. The number of nitrogens with zero attached hydrogens (tertiary/aromatic N) is 3. The van der Waals surface area contributed by atoms with Gasteiger partial charge in [-0.1, -0.05) is 18.2 Å². The highest BCUT2D eigenvalue weighted by Crippen LogP contribution is 2.43. The quantitative estimate of drug-likeness (QED) is 0.659. The maximum atomic E-state index is 13.2. The molecule has 3 aliphatic rings. The van der Waals surface area contributed by atoms with Crippen molar-refractivity contribution in [1.29, 1.82) is 0 Å². The fraction of sp³-hybridized carbons (Fsp3) is 0.348. The molecule has 0 aliphatic carbocycles. The smallest absolute Gasteiger partial charge is 0.416 e. The zero-order valence-corrected chi connectivity index (χ0v) is 17.6. The predicted octanol–water partition coefficient (Wildman–Crippen LogP) is 3.08. The molecule has 10 heteroatoms. The highest BCUT2D eigenvalue weighted by molar-refractivity contribution is 6.22. The largest absolute Gasteiger partial charge is 0.497 e. The van der Waals surface area contributed by atoms with Crippen LogP contribution in [0.1, 0.15) is 17.5 Å². The van der Waals surface area contributed by atoms with Gasteiger partial charge in [-0.3, -0.25) is 9.59 Å². The third-order valence-corrected chi connectivity index (χ3v) is 6.51. The number of urea groups is 1. The second kappa shape index (κ2) is 7.50. The highest BCUT2D eigenvalue weighted by atomic mass is 19.4. The number of amides is 4. The Morgan fingerprint density at radius 1 is 1.12 bits per heavy atom. The van der Waals surface area contributed by atoms with Gasteiger partial charge in [0.2, 0.25) is 5.91 Å². The number of hydrogen-bond acceptors (Lipinski definition) is 4. The Kier molecular flexibility index (Phi) is 4.84. The van der Waals surface area contributed by atoms with Gasteiger partial charge in [-0.15, -0.1) is 0 Å². The van der Waals surface area contributed by atoms with Gasteiger partial charge in [-0.05, 0) is 42.3 Å². The number of anilines is 1. The zero-order chi connectivity index (χ0) is 23.5. The van der Waals surface area contributed by atoms with Gasteiger partial charge in [0.25, 0.3) is 5.91 Å². The van der Waals surface area contributed by atoms with Crippen LogP contribution in [0.5, 0.6) is 5.75 Å². The van der Waals surface area contributed by atoms with Crippen molar-refractivity contribution in [3.05, 3.63) is 59.7 Å². The second-order valence-electron chi connectivity index (χ2n) is 8.39. The number of likely N-dealkylation sites (tertiary alicyclic amines) is 1.